The first-order valence-corrected chi connectivity index (χ1v) is 11.5. The highest BCUT2D eigenvalue weighted by molar-refractivity contribution is 6.34. The van der Waals surface area contributed by atoms with Crippen LogP contribution in [0.15, 0.2) is 66.7 Å². The van der Waals surface area contributed by atoms with Crippen molar-refractivity contribution in [1.82, 2.24) is 4.90 Å². The van der Waals surface area contributed by atoms with Gasteiger partial charge >= 0.3 is 0 Å². The van der Waals surface area contributed by atoms with Gasteiger partial charge in [-0.25, -0.2) is 0 Å². The number of hydrogen-bond donors (Lipinski definition) is 1. The second-order valence-electron chi connectivity index (χ2n) is 8.60. The van der Waals surface area contributed by atoms with E-state index in [-0.39, 0.29) is 17.9 Å². The molecule has 33 heavy (non-hydrogen) atoms. The summed E-state index contributed by atoms with van der Waals surface area (Å²) in [6.45, 7) is 2.51. The van der Waals surface area contributed by atoms with Crippen molar-refractivity contribution in [2.75, 3.05) is 30.9 Å². The van der Waals surface area contributed by atoms with E-state index < -0.39 is 0 Å². The quantitative estimate of drug-likeness (QED) is 0.522. The van der Waals surface area contributed by atoms with Crippen LogP contribution >= 0.6 is 11.6 Å². The van der Waals surface area contributed by atoms with E-state index in [2.05, 4.69) is 30.4 Å². The zero-order valence-corrected chi connectivity index (χ0v) is 19.9. The van der Waals surface area contributed by atoms with Crippen molar-refractivity contribution in [2.24, 2.45) is 0 Å². The van der Waals surface area contributed by atoms with Crippen molar-refractivity contribution in [3.05, 3.63) is 94.0 Å². The molecule has 1 heterocycles. The topological polar surface area (TPSA) is 52.7 Å². The minimum absolute atomic E-state index is 0.0967. The van der Waals surface area contributed by atoms with E-state index in [1.54, 1.807) is 35.2 Å². The Morgan fingerprint density at radius 2 is 1.73 bits per heavy atom. The number of fused-ring (bicyclic) bond motifs is 1. The van der Waals surface area contributed by atoms with Crippen molar-refractivity contribution in [2.45, 2.75) is 25.8 Å². The molecule has 0 saturated heterocycles. The molecule has 0 bridgehead atoms. The summed E-state index contributed by atoms with van der Waals surface area (Å²) < 4.78 is 0. The van der Waals surface area contributed by atoms with Gasteiger partial charge in [-0.05, 0) is 81.4 Å². The van der Waals surface area contributed by atoms with Crippen LogP contribution in [0.4, 0.5) is 11.4 Å². The van der Waals surface area contributed by atoms with E-state index in [9.17, 15) is 9.59 Å². The lowest BCUT2D eigenvalue weighted by atomic mass is 10.0. The summed E-state index contributed by atoms with van der Waals surface area (Å²) >= 11 is 6.60. The number of anilines is 2. The Balaban J connectivity index is 1.58. The van der Waals surface area contributed by atoms with Gasteiger partial charge in [-0.3, -0.25) is 9.59 Å². The van der Waals surface area contributed by atoms with Gasteiger partial charge in [0.15, 0.2) is 0 Å². The van der Waals surface area contributed by atoms with E-state index in [1.165, 1.54) is 0 Å². The maximum Gasteiger partial charge on any atom is 0.258 e. The van der Waals surface area contributed by atoms with Gasteiger partial charge in [0.2, 0.25) is 0 Å². The molecule has 1 aliphatic rings. The predicted molar refractivity (Wildman–Crippen MR) is 134 cm³/mol. The zero-order chi connectivity index (χ0) is 23.5. The Bertz CT molecular complexity index is 1170. The van der Waals surface area contributed by atoms with Crippen LogP contribution < -0.4 is 10.2 Å². The van der Waals surface area contributed by atoms with Gasteiger partial charge in [0.05, 0.1) is 10.7 Å². The SMILES string of the molecule is Cc1ccccc1C(=O)Nc1ccc(C(=O)N2CCCC(N(C)C)c3cccc(Cl)c32)cc1. The number of halogens is 1. The molecule has 3 aromatic rings. The number of para-hydroxylation sites is 1. The van der Waals surface area contributed by atoms with Crippen LogP contribution in [0.5, 0.6) is 0 Å². The van der Waals surface area contributed by atoms with Crippen LogP contribution in [0.2, 0.25) is 5.02 Å². The molecular formula is C27H28ClN3O2. The first-order chi connectivity index (χ1) is 15.9. The van der Waals surface area contributed by atoms with Crippen LogP contribution in [0.1, 0.15) is 50.7 Å². The second-order valence-corrected chi connectivity index (χ2v) is 9.01. The Morgan fingerprint density at radius 3 is 2.42 bits per heavy atom. The number of amides is 2. The fourth-order valence-corrected chi connectivity index (χ4v) is 4.70. The fraction of sp³-hybridized carbons (Fsp3) is 0.259. The number of nitrogens with one attached hydrogen (secondary N) is 1. The Labute approximate surface area is 200 Å². The molecular weight excluding hydrogens is 434 g/mol. The molecule has 170 valence electrons. The van der Waals surface area contributed by atoms with Crippen LogP contribution in [0.3, 0.4) is 0 Å². The molecule has 0 spiro atoms. The summed E-state index contributed by atoms with van der Waals surface area (Å²) in [6, 6.07) is 20.5. The van der Waals surface area contributed by atoms with E-state index in [4.69, 9.17) is 11.6 Å². The van der Waals surface area contributed by atoms with Gasteiger partial charge in [-0.2, -0.15) is 0 Å². The standard InChI is InChI=1S/C27H28ClN3O2/c1-18-8-4-5-9-21(18)26(32)29-20-15-13-19(14-16-20)27(33)31-17-7-12-24(30(2)3)22-10-6-11-23(28)25(22)31/h4-6,8-11,13-16,24H,7,12,17H2,1-3H3,(H,29,32). The maximum absolute atomic E-state index is 13.5. The number of benzene rings is 3. The molecule has 1 aliphatic heterocycles. The Kier molecular flexibility index (Phi) is 6.82. The molecule has 0 saturated carbocycles. The van der Waals surface area contributed by atoms with Gasteiger partial charge in [-0.1, -0.05) is 41.9 Å². The third-order valence-corrected chi connectivity index (χ3v) is 6.46. The number of carbonyl (C=O) groups is 2. The molecule has 6 heteroatoms. The molecule has 0 aromatic heterocycles. The molecule has 1 unspecified atom stereocenters. The molecule has 0 aliphatic carbocycles. The largest absolute Gasteiger partial charge is 0.322 e. The molecule has 2 amide bonds. The van der Waals surface area contributed by atoms with E-state index in [0.717, 1.165) is 29.7 Å². The van der Waals surface area contributed by atoms with Crippen LogP contribution in [-0.2, 0) is 0 Å². The third-order valence-electron chi connectivity index (χ3n) is 6.15. The average molecular weight is 462 g/mol. The first-order valence-electron chi connectivity index (χ1n) is 11.1. The lowest BCUT2D eigenvalue weighted by molar-refractivity contribution is 0.0985. The molecule has 5 nitrogen and oxygen atoms in total. The van der Waals surface area contributed by atoms with Crippen molar-refractivity contribution >= 4 is 34.8 Å². The second kappa shape index (κ2) is 9.77. The lowest BCUT2D eigenvalue weighted by Gasteiger charge is -2.28. The Hall–Kier alpha value is -3.15. The van der Waals surface area contributed by atoms with Crippen LogP contribution in [-0.4, -0.2) is 37.4 Å². The number of hydrogen-bond acceptors (Lipinski definition) is 3. The predicted octanol–water partition coefficient (Wildman–Crippen LogP) is 5.94. The van der Waals surface area contributed by atoms with Crippen molar-refractivity contribution in [1.29, 1.82) is 0 Å². The zero-order valence-electron chi connectivity index (χ0n) is 19.1. The summed E-state index contributed by atoms with van der Waals surface area (Å²) in [4.78, 5) is 30.1. The minimum atomic E-state index is -0.171. The molecule has 0 radical (unpaired) electrons. The average Bonchev–Trinajstić information content (AvgIpc) is 3.00. The highest BCUT2D eigenvalue weighted by Crippen LogP contribution is 2.40. The number of carbonyl (C=O) groups excluding carboxylic acids is 2. The molecule has 0 fully saturated rings. The number of aryl methyl sites for hydroxylation is 1. The third kappa shape index (κ3) is 4.80. The highest BCUT2D eigenvalue weighted by atomic mass is 35.5. The van der Waals surface area contributed by atoms with E-state index in [1.807, 2.05) is 37.3 Å². The normalized spacial score (nSPS) is 15.7. The summed E-state index contributed by atoms with van der Waals surface area (Å²) in [5.74, 6) is -0.268. The number of nitrogens with zero attached hydrogens (tertiary/aromatic N) is 2. The highest BCUT2D eigenvalue weighted by Gasteiger charge is 2.30. The van der Waals surface area contributed by atoms with E-state index in [0.29, 0.717) is 28.4 Å². The van der Waals surface area contributed by atoms with Gasteiger partial charge in [-0.15, -0.1) is 0 Å². The van der Waals surface area contributed by atoms with Crippen LogP contribution in [0, 0.1) is 6.92 Å². The maximum atomic E-state index is 13.5. The van der Waals surface area contributed by atoms with Gasteiger partial charge < -0.3 is 15.1 Å². The summed E-state index contributed by atoms with van der Waals surface area (Å²) in [5.41, 5.74) is 4.59. The fourth-order valence-electron chi connectivity index (χ4n) is 4.41. The van der Waals surface area contributed by atoms with Gasteiger partial charge in [0, 0.05) is 29.4 Å². The Morgan fingerprint density at radius 1 is 1.00 bits per heavy atom. The number of rotatable bonds is 4. The summed E-state index contributed by atoms with van der Waals surface area (Å²) in [5, 5.41) is 3.49. The molecule has 1 atom stereocenters. The van der Waals surface area contributed by atoms with Crippen molar-refractivity contribution < 1.29 is 9.59 Å². The summed E-state index contributed by atoms with van der Waals surface area (Å²) in [7, 11) is 4.10. The first kappa shape index (κ1) is 23.0. The molecule has 1 N–H and O–H groups in total. The molecule has 4 rings (SSSR count). The minimum Gasteiger partial charge on any atom is -0.322 e. The van der Waals surface area contributed by atoms with Crippen molar-refractivity contribution in [3.8, 4) is 0 Å². The van der Waals surface area contributed by atoms with Crippen LogP contribution in [0.25, 0.3) is 0 Å². The van der Waals surface area contributed by atoms with E-state index >= 15 is 0 Å². The summed E-state index contributed by atoms with van der Waals surface area (Å²) in [6.07, 6.45) is 1.83. The van der Waals surface area contributed by atoms with Gasteiger partial charge in [0.25, 0.3) is 11.8 Å². The smallest absolute Gasteiger partial charge is 0.258 e. The molecule has 3 aromatic carbocycles. The lowest BCUT2D eigenvalue weighted by Crippen LogP contribution is -2.32. The van der Waals surface area contributed by atoms with Gasteiger partial charge in [0.1, 0.15) is 0 Å². The monoisotopic (exact) mass is 461 g/mol. The van der Waals surface area contributed by atoms with Crippen molar-refractivity contribution in [3.63, 3.8) is 0 Å².